The van der Waals surface area contributed by atoms with Crippen molar-refractivity contribution in [2.75, 3.05) is 31.1 Å². The SMILES string of the molecule is O=S(=O)(c1cccc(F)c1)N1CCN(c2nnnn2-c2ccccc2)CC1. The van der Waals surface area contributed by atoms with Crippen LogP contribution in [0.1, 0.15) is 0 Å². The summed E-state index contributed by atoms with van der Waals surface area (Å²) in [4.78, 5) is 1.90. The summed E-state index contributed by atoms with van der Waals surface area (Å²) in [5, 5.41) is 11.9. The fraction of sp³-hybridized carbons (Fsp3) is 0.235. The van der Waals surface area contributed by atoms with Gasteiger partial charge in [-0.2, -0.15) is 8.99 Å². The van der Waals surface area contributed by atoms with Gasteiger partial charge in [-0.05, 0) is 40.8 Å². The van der Waals surface area contributed by atoms with Gasteiger partial charge in [-0.3, -0.25) is 0 Å². The molecule has 2 heterocycles. The van der Waals surface area contributed by atoms with Crippen LogP contribution in [0, 0.1) is 5.82 Å². The van der Waals surface area contributed by atoms with Crippen molar-refractivity contribution in [2.45, 2.75) is 4.90 Å². The van der Waals surface area contributed by atoms with Crippen molar-refractivity contribution in [1.29, 1.82) is 0 Å². The summed E-state index contributed by atoms with van der Waals surface area (Å²) in [5.74, 6) is -0.0132. The summed E-state index contributed by atoms with van der Waals surface area (Å²) < 4.78 is 41.8. The first kappa shape index (κ1) is 17.6. The van der Waals surface area contributed by atoms with E-state index in [4.69, 9.17) is 0 Å². The molecule has 1 aliphatic rings. The monoisotopic (exact) mass is 388 g/mol. The van der Waals surface area contributed by atoms with Gasteiger partial charge in [0.05, 0.1) is 10.6 Å². The van der Waals surface area contributed by atoms with Gasteiger partial charge in [0.15, 0.2) is 0 Å². The minimum atomic E-state index is -3.73. The Morgan fingerprint density at radius 2 is 1.67 bits per heavy atom. The Morgan fingerprint density at radius 3 is 2.37 bits per heavy atom. The Morgan fingerprint density at radius 1 is 0.926 bits per heavy atom. The highest BCUT2D eigenvalue weighted by Gasteiger charge is 2.30. The lowest BCUT2D eigenvalue weighted by Crippen LogP contribution is -2.49. The fourth-order valence-corrected chi connectivity index (χ4v) is 4.48. The summed E-state index contributed by atoms with van der Waals surface area (Å²) in [6.45, 7) is 1.39. The second kappa shape index (κ2) is 7.05. The van der Waals surface area contributed by atoms with Crippen LogP contribution >= 0.6 is 0 Å². The number of para-hydroxylation sites is 1. The molecule has 1 aromatic heterocycles. The molecule has 3 aromatic rings. The van der Waals surface area contributed by atoms with Crippen molar-refractivity contribution < 1.29 is 12.8 Å². The number of aromatic nitrogens is 4. The number of sulfonamides is 1. The van der Waals surface area contributed by atoms with Crippen molar-refractivity contribution >= 4 is 16.0 Å². The molecule has 1 aliphatic heterocycles. The molecule has 0 amide bonds. The molecule has 8 nitrogen and oxygen atoms in total. The van der Waals surface area contributed by atoms with E-state index in [2.05, 4.69) is 15.5 Å². The predicted octanol–water partition coefficient (Wildman–Crippen LogP) is 1.31. The molecule has 10 heteroatoms. The first-order valence-corrected chi connectivity index (χ1v) is 9.84. The molecule has 27 heavy (non-hydrogen) atoms. The van der Waals surface area contributed by atoms with E-state index in [9.17, 15) is 12.8 Å². The fourth-order valence-electron chi connectivity index (χ4n) is 3.02. The van der Waals surface area contributed by atoms with Crippen LogP contribution in [-0.2, 0) is 10.0 Å². The van der Waals surface area contributed by atoms with Crippen LogP contribution in [-0.4, -0.2) is 59.1 Å². The average molecular weight is 388 g/mol. The van der Waals surface area contributed by atoms with Crippen molar-refractivity contribution in [3.05, 3.63) is 60.4 Å². The van der Waals surface area contributed by atoms with Crippen molar-refractivity contribution in [1.82, 2.24) is 24.5 Å². The normalized spacial score (nSPS) is 15.8. The molecule has 1 saturated heterocycles. The molecule has 0 bridgehead atoms. The highest BCUT2D eigenvalue weighted by atomic mass is 32.2. The number of hydrogen-bond donors (Lipinski definition) is 0. The summed E-state index contributed by atoms with van der Waals surface area (Å²) in [6, 6.07) is 14.5. The smallest absolute Gasteiger partial charge is 0.250 e. The van der Waals surface area contributed by atoms with Gasteiger partial charge in [0, 0.05) is 26.2 Å². The van der Waals surface area contributed by atoms with Gasteiger partial charge in [0.1, 0.15) is 5.82 Å². The molecule has 0 spiro atoms. The first-order valence-electron chi connectivity index (χ1n) is 8.40. The Balaban J connectivity index is 1.51. The van der Waals surface area contributed by atoms with Crippen LogP contribution in [0.25, 0.3) is 5.69 Å². The Hall–Kier alpha value is -2.85. The maximum Gasteiger partial charge on any atom is 0.250 e. The molecule has 0 radical (unpaired) electrons. The van der Waals surface area contributed by atoms with Crippen LogP contribution < -0.4 is 4.90 Å². The third kappa shape index (κ3) is 3.40. The molecule has 1 fully saturated rings. The number of hydrogen-bond acceptors (Lipinski definition) is 6. The van der Waals surface area contributed by atoms with E-state index in [0.29, 0.717) is 19.0 Å². The molecule has 0 saturated carbocycles. The lowest BCUT2D eigenvalue weighted by molar-refractivity contribution is 0.381. The zero-order chi connectivity index (χ0) is 18.9. The Kier molecular flexibility index (Phi) is 4.58. The van der Waals surface area contributed by atoms with Crippen molar-refractivity contribution in [2.24, 2.45) is 0 Å². The predicted molar refractivity (Wildman–Crippen MR) is 96.5 cm³/mol. The molecular weight excluding hydrogens is 371 g/mol. The molecule has 0 aliphatic carbocycles. The second-order valence-corrected chi connectivity index (χ2v) is 8.01. The average Bonchev–Trinajstić information content (AvgIpc) is 3.19. The number of halogens is 1. The highest BCUT2D eigenvalue weighted by Crippen LogP contribution is 2.21. The van der Waals surface area contributed by atoms with Crippen LogP contribution in [0.3, 0.4) is 0 Å². The van der Waals surface area contributed by atoms with E-state index in [-0.39, 0.29) is 18.0 Å². The topological polar surface area (TPSA) is 84.2 Å². The number of tetrazole rings is 1. The van der Waals surface area contributed by atoms with Gasteiger partial charge in [0.2, 0.25) is 16.0 Å². The third-order valence-corrected chi connectivity index (χ3v) is 6.30. The number of anilines is 1. The van der Waals surface area contributed by atoms with Gasteiger partial charge in [-0.25, -0.2) is 12.8 Å². The van der Waals surface area contributed by atoms with E-state index < -0.39 is 15.8 Å². The van der Waals surface area contributed by atoms with E-state index in [0.717, 1.165) is 11.8 Å². The molecule has 2 aromatic carbocycles. The molecule has 0 unspecified atom stereocenters. The van der Waals surface area contributed by atoms with Crippen LogP contribution in [0.15, 0.2) is 59.5 Å². The molecule has 140 valence electrons. The van der Waals surface area contributed by atoms with Crippen molar-refractivity contribution in [3.63, 3.8) is 0 Å². The summed E-state index contributed by atoms with van der Waals surface area (Å²) >= 11 is 0. The number of piperazine rings is 1. The van der Waals surface area contributed by atoms with Gasteiger partial charge < -0.3 is 4.90 Å². The first-order chi connectivity index (χ1) is 13.1. The van der Waals surface area contributed by atoms with Gasteiger partial charge in [-0.15, -0.1) is 0 Å². The second-order valence-electron chi connectivity index (χ2n) is 6.07. The van der Waals surface area contributed by atoms with E-state index in [1.807, 2.05) is 35.2 Å². The standard InChI is InChI=1S/C17H17FN6O2S/c18-14-5-4-8-16(13-14)27(25,26)23-11-9-22(10-12-23)17-19-20-21-24(17)15-6-2-1-3-7-15/h1-8,13H,9-12H2. The lowest BCUT2D eigenvalue weighted by atomic mass is 10.3. The zero-order valence-electron chi connectivity index (χ0n) is 14.3. The third-order valence-electron chi connectivity index (χ3n) is 4.41. The maximum atomic E-state index is 13.4. The van der Waals surface area contributed by atoms with E-state index in [1.54, 1.807) is 4.68 Å². The minimum Gasteiger partial charge on any atom is -0.337 e. The van der Waals surface area contributed by atoms with Gasteiger partial charge in [0.25, 0.3) is 0 Å². The summed E-state index contributed by atoms with van der Waals surface area (Å²) in [7, 11) is -3.73. The lowest BCUT2D eigenvalue weighted by Gasteiger charge is -2.34. The van der Waals surface area contributed by atoms with Crippen molar-refractivity contribution in [3.8, 4) is 5.69 Å². The maximum absolute atomic E-state index is 13.4. The largest absolute Gasteiger partial charge is 0.337 e. The summed E-state index contributed by atoms with van der Waals surface area (Å²) in [5.41, 5.74) is 0.826. The van der Waals surface area contributed by atoms with Crippen LogP contribution in [0.5, 0.6) is 0 Å². The van der Waals surface area contributed by atoms with E-state index >= 15 is 0 Å². The summed E-state index contributed by atoms with van der Waals surface area (Å²) in [6.07, 6.45) is 0. The van der Waals surface area contributed by atoms with Crippen LogP contribution in [0.2, 0.25) is 0 Å². The Labute approximate surface area is 155 Å². The van der Waals surface area contributed by atoms with Gasteiger partial charge in [-0.1, -0.05) is 29.4 Å². The molecule has 0 atom stereocenters. The Bertz CT molecular complexity index is 1030. The van der Waals surface area contributed by atoms with E-state index in [1.165, 1.54) is 22.5 Å². The minimum absolute atomic E-state index is 0.0370. The number of benzene rings is 2. The highest BCUT2D eigenvalue weighted by molar-refractivity contribution is 7.89. The zero-order valence-corrected chi connectivity index (χ0v) is 15.1. The molecule has 0 N–H and O–H groups in total. The number of nitrogens with zero attached hydrogens (tertiary/aromatic N) is 6. The van der Waals surface area contributed by atoms with Gasteiger partial charge >= 0.3 is 0 Å². The van der Waals surface area contributed by atoms with Crippen LogP contribution in [0.4, 0.5) is 10.3 Å². The molecule has 4 rings (SSSR count). The number of rotatable bonds is 4. The quantitative estimate of drug-likeness (QED) is 0.670. The molecular formula is C17H17FN6O2S.